The number of hydrogen-bond acceptors (Lipinski definition) is 4. The summed E-state index contributed by atoms with van der Waals surface area (Å²) in [7, 11) is 0. The van der Waals surface area contributed by atoms with E-state index in [4.69, 9.17) is 0 Å². The Hall–Kier alpha value is -0.620. The third-order valence-corrected chi connectivity index (χ3v) is 4.25. The summed E-state index contributed by atoms with van der Waals surface area (Å²) < 4.78 is 1.01. The molecule has 0 saturated carbocycles. The van der Waals surface area contributed by atoms with E-state index in [1.165, 1.54) is 5.56 Å². The van der Waals surface area contributed by atoms with Gasteiger partial charge in [0.2, 0.25) is 0 Å². The number of nitrogens with zero attached hydrogens (tertiary/aromatic N) is 1. The van der Waals surface area contributed by atoms with Gasteiger partial charge in [-0.3, -0.25) is 0 Å². The molecule has 20 heavy (non-hydrogen) atoms. The van der Waals surface area contributed by atoms with Crippen molar-refractivity contribution in [1.29, 1.82) is 0 Å². The predicted molar refractivity (Wildman–Crippen MR) is 85.1 cm³/mol. The Balaban J connectivity index is 2.24. The van der Waals surface area contributed by atoms with Crippen molar-refractivity contribution < 1.29 is 10.2 Å². The van der Waals surface area contributed by atoms with Crippen LogP contribution in [-0.2, 0) is 0 Å². The molecule has 1 saturated heterocycles. The van der Waals surface area contributed by atoms with Gasteiger partial charge in [-0.15, -0.1) is 0 Å². The SMILES string of the molecule is CCCNC(C)c1ccc(Br)cc1N1CC(O)C(O)C1. The van der Waals surface area contributed by atoms with Gasteiger partial charge in [0, 0.05) is 29.3 Å². The van der Waals surface area contributed by atoms with Crippen molar-refractivity contribution in [2.45, 2.75) is 38.5 Å². The average molecular weight is 343 g/mol. The van der Waals surface area contributed by atoms with Crippen LogP contribution in [0.3, 0.4) is 0 Å². The maximum absolute atomic E-state index is 9.75. The summed E-state index contributed by atoms with van der Waals surface area (Å²) in [5.74, 6) is 0. The van der Waals surface area contributed by atoms with Crippen LogP contribution in [0.15, 0.2) is 22.7 Å². The van der Waals surface area contributed by atoms with Crippen LogP contribution in [0.2, 0.25) is 0 Å². The molecule has 3 atom stereocenters. The van der Waals surface area contributed by atoms with Gasteiger partial charge in [0.1, 0.15) is 0 Å². The topological polar surface area (TPSA) is 55.7 Å². The molecule has 4 nitrogen and oxygen atoms in total. The Labute approximate surface area is 128 Å². The van der Waals surface area contributed by atoms with Crippen LogP contribution in [0.5, 0.6) is 0 Å². The first-order chi connectivity index (χ1) is 9.52. The molecule has 1 aromatic carbocycles. The highest BCUT2D eigenvalue weighted by atomic mass is 79.9. The molecule has 3 unspecified atom stereocenters. The van der Waals surface area contributed by atoms with Crippen LogP contribution >= 0.6 is 15.9 Å². The summed E-state index contributed by atoms with van der Waals surface area (Å²) >= 11 is 3.50. The van der Waals surface area contributed by atoms with E-state index in [1.807, 2.05) is 6.07 Å². The molecule has 1 fully saturated rings. The zero-order valence-corrected chi connectivity index (χ0v) is 13.6. The second kappa shape index (κ2) is 6.89. The maximum Gasteiger partial charge on any atom is 0.0990 e. The Kier molecular flexibility index (Phi) is 5.43. The molecule has 1 aromatic rings. The average Bonchev–Trinajstić information content (AvgIpc) is 2.76. The van der Waals surface area contributed by atoms with E-state index in [-0.39, 0.29) is 6.04 Å². The number of hydrogen-bond donors (Lipinski definition) is 3. The van der Waals surface area contributed by atoms with E-state index in [2.05, 4.69) is 52.1 Å². The van der Waals surface area contributed by atoms with E-state index in [0.717, 1.165) is 23.1 Å². The molecule has 0 amide bonds. The fourth-order valence-corrected chi connectivity index (χ4v) is 2.94. The van der Waals surface area contributed by atoms with Gasteiger partial charge in [0.05, 0.1) is 12.2 Å². The molecular formula is C15H23BrN2O2. The van der Waals surface area contributed by atoms with Gasteiger partial charge in [0.15, 0.2) is 0 Å². The molecule has 3 N–H and O–H groups in total. The first-order valence-electron chi connectivity index (χ1n) is 7.16. The molecule has 0 radical (unpaired) electrons. The monoisotopic (exact) mass is 342 g/mol. The molecular weight excluding hydrogens is 320 g/mol. The number of aliphatic hydroxyl groups excluding tert-OH is 2. The van der Waals surface area contributed by atoms with Gasteiger partial charge in [0.25, 0.3) is 0 Å². The Bertz CT molecular complexity index is 445. The lowest BCUT2D eigenvalue weighted by atomic mass is 10.1. The zero-order valence-electron chi connectivity index (χ0n) is 12.0. The van der Waals surface area contributed by atoms with Crippen molar-refractivity contribution in [3.8, 4) is 0 Å². The fraction of sp³-hybridized carbons (Fsp3) is 0.600. The summed E-state index contributed by atoms with van der Waals surface area (Å²) in [6.45, 7) is 6.22. The van der Waals surface area contributed by atoms with Crippen molar-refractivity contribution >= 4 is 21.6 Å². The van der Waals surface area contributed by atoms with E-state index >= 15 is 0 Å². The third kappa shape index (κ3) is 3.52. The van der Waals surface area contributed by atoms with Crippen LogP contribution in [0, 0.1) is 0 Å². The lowest BCUT2D eigenvalue weighted by Gasteiger charge is -2.25. The number of aliphatic hydroxyl groups is 2. The summed E-state index contributed by atoms with van der Waals surface area (Å²) in [4.78, 5) is 2.06. The van der Waals surface area contributed by atoms with Crippen LogP contribution < -0.4 is 10.2 Å². The smallest absolute Gasteiger partial charge is 0.0990 e. The highest BCUT2D eigenvalue weighted by molar-refractivity contribution is 9.10. The second-order valence-electron chi connectivity index (χ2n) is 5.42. The van der Waals surface area contributed by atoms with E-state index in [0.29, 0.717) is 13.1 Å². The number of benzene rings is 1. The van der Waals surface area contributed by atoms with Gasteiger partial charge in [-0.25, -0.2) is 0 Å². The highest BCUT2D eigenvalue weighted by Gasteiger charge is 2.31. The lowest BCUT2D eigenvalue weighted by Crippen LogP contribution is -2.26. The minimum atomic E-state index is -0.666. The molecule has 0 bridgehead atoms. The molecule has 5 heteroatoms. The molecule has 1 aliphatic rings. The molecule has 2 rings (SSSR count). The largest absolute Gasteiger partial charge is 0.389 e. The summed E-state index contributed by atoms with van der Waals surface area (Å²) in [6.07, 6.45) is -0.237. The van der Waals surface area contributed by atoms with Gasteiger partial charge < -0.3 is 20.4 Å². The molecule has 0 aromatic heterocycles. The molecule has 112 valence electrons. The molecule has 0 spiro atoms. The summed E-state index contributed by atoms with van der Waals surface area (Å²) in [6, 6.07) is 6.44. The van der Waals surface area contributed by atoms with Crippen LogP contribution in [-0.4, -0.2) is 42.1 Å². The second-order valence-corrected chi connectivity index (χ2v) is 6.33. The van der Waals surface area contributed by atoms with Gasteiger partial charge >= 0.3 is 0 Å². The van der Waals surface area contributed by atoms with Crippen molar-refractivity contribution in [3.63, 3.8) is 0 Å². The minimum absolute atomic E-state index is 0.243. The summed E-state index contributed by atoms with van der Waals surface area (Å²) in [5.41, 5.74) is 2.27. The Morgan fingerprint density at radius 3 is 2.60 bits per heavy atom. The van der Waals surface area contributed by atoms with Crippen LogP contribution in [0.25, 0.3) is 0 Å². The third-order valence-electron chi connectivity index (χ3n) is 3.76. The standard InChI is InChI=1S/C15H23BrN2O2/c1-3-6-17-10(2)12-5-4-11(16)7-13(12)18-8-14(19)15(20)9-18/h4-5,7,10,14-15,17,19-20H,3,6,8-9H2,1-2H3. The van der Waals surface area contributed by atoms with Crippen molar-refractivity contribution in [2.24, 2.45) is 0 Å². The maximum atomic E-state index is 9.75. The highest BCUT2D eigenvalue weighted by Crippen LogP contribution is 2.32. The fourth-order valence-electron chi connectivity index (χ4n) is 2.59. The number of β-amino-alcohol motifs (C(OH)–C–C–N with tert-alkyl or cyclic N) is 2. The number of nitrogens with one attached hydrogen (secondary N) is 1. The summed E-state index contributed by atoms with van der Waals surface area (Å²) in [5, 5.41) is 23.0. The van der Waals surface area contributed by atoms with Crippen LogP contribution in [0.1, 0.15) is 31.9 Å². The number of rotatable bonds is 5. The van der Waals surface area contributed by atoms with E-state index < -0.39 is 12.2 Å². The first-order valence-corrected chi connectivity index (χ1v) is 7.96. The van der Waals surface area contributed by atoms with E-state index in [9.17, 15) is 10.2 Å². The van der Waals surface area contributed by atoms with Crippen molar-refractivity contribution in [1.82, 2.24) is 5.32 Å². The molecule has 1 heterocycles. The number of anilines is 1. The first kappa shape index (κ1) is 15.8. The van der Waals surface area contributed by atoms with Crippen molar-refractivity contribution in [3.05, 3.63) is 28.2 Å². The zero-order chi connectivity index (χ0) is 14.7. The van der Waals surface area contributed by atoms with Gasteiger partial charge in [-0.2, -0.15) is 0 Å². The minimum Gasteiger partial charge on any atom is -0.389 e. The Morgan fingerprint density at radius 2 is 2.00 bits per heavy atom. The van der Waals surface area contributed by atoms with Crippen LogP contribution in [0.4, 0.5) is 5.69 Å². The molecule has 1 aliphatic heterocycles. The molecule has 0 aliphatic carbocycles. The van der Waals surface area contributed by atoms with E-state index in [1.54, 1.807) is 0 Å². The normalized spacial score (nSPS) is 24.1. The van der Waals surface area contributed by atoms with Crippen molar-refractivity contribution in [2.75, 3.05) is 24.5 Å². The Morgan fingerprint density at radius 1 is 1.35 bits per heavy atom. The quantitative estimate of drug-likeness (QED) is 0.766. The lowest BCUT2D eigenvalue weighted by molar-refractivity contribution is 0.0572. The van der Waals surface area contributed by atoms with Gasteiger partial charge in [-0.05, 0) is 37.6 Å². The number of halogens is 1. The van der Waals surface area contributed by atoms with Gasteiger partial charge in [-0.1, -0.05) is 28.9 Å². The predicted octanol–water partition coefficient (Wildman–Crippen LogP) is 2.05.